The summed E-state index contributed by atoms with van der Waals surface area (Å²) in [4.78, 5) is 18.7. The van der Waals surface area contributed by atoms with E-state index in [0.29, 0.717) is 23.4 Å². The third kappa shape index (κ3) is 8.23. The highest BCUT2D eigenvalue weighted by molar-refractivity contribution is 5.99. The van der Waals surface area contributed by atoms with Crippen LogP contribution in [0.5, 0.6) is 0 Å². The number of carbonyl (C=O) groups is 1. The second-order valence-electron chi connectivity index (χ2n) is 9.66. The van der Waals surface area contributed by atoms with Crippen molar-refractivity contribution in [2.24, 2.45) is 16.6 Å². The van der Waals surface area contributed by atoms with Crippen molar-refractivity contribution < 1.29 is 9.18 Å². The number of rotatable bonds is 9. The van der Waals surface area contributed by atoms with Crippen LogP contribution in [0.4, 0.5) is 4.39 Å². The molecule has 1 atom stereocenters. The number of carbonyl (C=O) groups excluding carboxylic acids is 1. The lowest BCUT2D eigenvalue weighted by Crippen LogP contribution is -2.51. The molecule has 1 aliphatic rings. The lowest BCUT2D eigenvalue weighted by molar-refractivity contribution is -0.130. The third-order valence-electron chi connectivity index (χ3n) is 6.40. The Kier molecular flexibility index (Phi) is 10.5. The first-order valence-electron chi connectivity index (χ1n) is 12.5. The van der Waals surface area contributed by atoms with Crippen LogP contribution in [0.25, 0.3) is 5.70 Å². The summed E-state index contributed by atoms with van der Waals surface area (Å²) in [7, 11) is 0. The minimum atomic E-state index is -0.513. The lowest BCUT2D eigenvalue weighted by atomic mass is 9.84. The molecular formula is C29H41FN4O. The summed E-state index contributed by atoms with van der Waals surface area (Å²) in [6.45, 7) is 15.2. The molecule has 0 saturated heterocycles. The molecule has 1 amide bonds. The monoisotopic (exact) mass is 480 g/mol. The molecule has 6 heteroatoms. The zero-order chi connectivity index (χ0) is 26.0. The first-order chi connectivity index (χ1) is 16.6. The Morgan fingerprint density at radius 1 is 1.17 bits per heavy atom. The normalized spacial score (nSPS) is 17.5. The van der Waals surface area contributed by atoms with Crippen molar-refractivity contribution in [2.75, 3.05) is 0 Å². The number of benzene rings is 2. The maximum Gasteiger partial charge on any atom is 0.232 e. The predicted octanol–water partition coefficient (Wildman–Crippen LogP) is 6.24. The second kappa shape index (κ2) is 13.1. The van der Waals surface area contributed by atoms with Gasteiger partial charge in [0.05, 0.1) is 18.5 Å². The lowest BCUT2D eigenvalue weighted by Gasteiger charge is -2.37. The Hall–Kier alpha value is -3.15. The molecule has 0 saturated carbocycles. The van der Waals surface area contributed by atoms with Gasteiger partial charge in [0, 0.05) is 17.8 Å². The van der Waals surface area contributed by atoms with Crippen LogP contribution in [0.1, 0.15) is 77.0 Å². The van der Waals surface area contributed by atoms with E-state index < -0.39 is 11.4 Å². The van der Waals surface area contributed by atoms with Crippen molar-refractivity contribution in [3.8, 4) is 0 Å². The standard InChI is InChI=1S/C24H29FN4O.C5H12/c1-16(2)24(4)13-22(30)29(23(26)28-24)15-19-10-20(12-21(25)11-19)17(3)27-14-18-8-6-5-7-9-18;1-3-5-4-2/h5-12,16,27H,3,13-15H2,1-2,4H3,(H2,26,28);3-5H2,1-2H3/t24-;/m0./s1. The minimum absolute atomic E-state index is 0.106. The Labute approximate surface area is 210 Å². The molecule has 0 bridgehead atoms. The van der Waals surface area contributed by atoms with E-state index >= 15 is 0 Å². The van der Waals surface area contributed by atoms with Crippen molar-refractivity contribution in [3.63, 3.8) is 0 Å². The highest BCUT2D eigenvalue weighted by Gasteiger charge is 2.38. The van der Waals surface area contributed by atoms with Crippen LogP contribution in [0.3, 0.4) is 0 Å². The van der Waals surface area contributed by atoms with Gasteiger partial charge in [0.25, 0.3) is 0 Å². The van der Waals surface area contributed by atoms with Crippen LogP contribution in [0, 0.1) is 11.7 Å². The fourth-order valence-electron chi connectivity index (χ4n) is 3.75. The molecule has 1 aliphatic heterocycles. The number of unbranched alkanes of at least 4 members (excludes halogenated alkanes) is 2. The van der Waals surface area contributed by atoms with Gasteiger partial charge in [0.1, 0.15) is 5.82 Å². The van der Waals surface area contributed by atoms with E-state index in [1.165, 1.54) is 36.3 Å². The summed E-state index contributed by atoms with van der Waals surface area (Å²) >= 11 is 0. The van der Waals surface area contributed by atoms with Gasteiger partial charge in [0.15, 0.2) is 5.96 Å². The van der Waals surface area contributed by atoms with Crippen LogP contribution < -0.4 is 11.1 Å². The largest absolute Gasteiger partial charge is 0.381 e. The van der Waals surface area contributed by atoms with Gasteiger partial charge in [-0.1, -0.05) is 83.9 Å². The number of halogens is 1. The zero-order valence-electron chi connectivity index (χ0n) is 21.9. The molecular weight excluding hydrogens is 439 g/mol. The van der Waals surface area contributed by atoms with Gasteiger partial charge in [-0.2, -0.15) is 0 Å². The van der Waals surface area contributed by atoms with E-state index in [4.69, 9.17) is 5.73 Å². The van der Waals surface area contributed by atoms with Gasteiger partial charge >= 0.3 is 0 Å². The van der Waals surface area contributed by atoms with Crippen LogP contribution in [0.2, 0.25) is 0 Å². The average molecular weight is 481 g/mol. The van der Waals surface area contributed by atoms with Crippen LogP contribution >= 0.6 is 0 Å². The Bertz CT molecular complexity index is 1020. The SMILES string of the molecule is C=C(NCc1ccccc1)c1cc(F)cc(CN2C(=O)C[C@@](C)(C(C)C)N=C2N)c1.CCCCC. The fraction of sp³-hybridized carbons (Fsp3) is 0.448. The predicted molar refractivity (Wildman–Crippen MR) is 144 cm³/mol. The molecule has 3 N–H and O–H groups in total. The number of guanidine groups is 1. The number of nitrogens with one attached hydrogen (secondary N) is 1. The van der Waals surface area contributed by atoms with Crippen molar-refractivity contribution in [2.45, 2.75) is 78.9 Å². The first-order valence-corrected chi connectivity index (χ1v) is 12.5. The highest BCUT2D eigenvalue weighted by Crippen LogP contribution is 2.30. The van der Waals surface area contributed by atoms with Gasteiger partial charge < -0.3 is 11.1 Å². The van der Waals surface area contributed by atoms with Crippen molar-refractivity contribution in [1.82, 2.24) is 10.2 Å². The van der Waals surface area contributed by atoms with Gasteiger partial charge in [-0.3, -0.25) is 9.69 Å². The molecule has 2 aromatic carbocycles. The van der Waals surface area contributed by atoms with Crippen LogP contribution in [-0.2, 0) is 17.9 Å². The maximum absolute atomic E-state index is 14.3. The molecule has 190 valence electrons. The molecule has 0 spiro atoms. The maximum atomic E-state index is 14.3. The molecule has 1 heterocycles. The average Bonchev–Trinajstić information content (AvgIpc) is 2.81. The Morgan fingerprint density at radius 2 is 1.83 bits per heavy atom. The molecule has 3 rings (SSSR count). The molecule has 0 aliphatic carbocycles. The van der Waals surface area contributed by atoms with E-state index in [-0.39, 0.29) is 30.8 Å². The molecule has 0 unspecified atom stereocenters. The Balaban J connectivity index is 0.000000784. The van der Waals surface area contributed by atoms with E-state index in [0.717, 1.165) is 5.56 Å². The number of hydrogen-bond donors (Lipinski definition) is 2. The summed E-state index contributed by atoms with van der Waals surface area (Å²) in [5.41, 5.74) is 8.57. The van der Waals surface area contributed by atoms with E-state index in [1.54, 1.807) is 0 Å². The molecule has 2 aromatic rings. The van der Waals surface area contributed by atoms with Crippen molar-refractivity contribution in [1.29, 1.82) is 0 Å². The van der Waals surface area contributed by atoms with Crippen LogP contribution in [0.15, 0.2) is 60.1 Å². The van der Waals surface area contributed by atoms with E-state index in [1.807, 2.05) is 57.2 Å². The number of aliphatic imine (C=N–C) groups is 1. The molecule has 35 heavy (non-hydrogen) atoms. The summed E-state index contributed by atoms with van der Waals surface area (Å²) in [5.74, 6) is -0.140. The highest BCUT2D eigenvalue weighted by atomic mass is 19.1. The van der Waals surface area contributed by atoms with Crippen LogP contribution in [-0.4, -0.2) is 22.3 Å². The summed E-state index contributed by atoms with van der Waals surface area (Å²) in [5, 5.41) is 3.22. The first kappa shape index (κ1) is 28.1. The third-order valence-corrected chi connectivity index (χ3v) is 6.40. The van der Waals surface area contributed by atoms with Gasteiger partial charge in [-0.15, -0.1) is 0 Å². The quantitative estimate of drug-likeness (QED) is 0.446. The Morgan fingerprint density at radius 3 is 2.37 bits per heavy atom. The topological polar surface area (TPSA) is 70.7 Å². The van der Waals surface area contributed by atoms with Crippen molar-refractivity contribution in [3.05, 3.63) is 77.6 Å². The van der Waals surface area contributed by atoms with Gasteiger partial charge in [-0.05, 0) is 42.2 Å². The summed E-state index contributed by atoms with van der Waals surface area (Å²) in [6.07, 6.45) is 4.35. The number of nitrogens with two attached hydrogens (primary N) is 1. The van der Waals surface area contributed by atoms with E-state index in [2.05, 4.69) is 30.7 Å². The van der Waals surface area contributed by atoms with Crippen molar-refractivity contribution >= 4 is 17.6 Å². The number of amides is 1. The van der Waals surface area contributed by atoms with E-state index in [9.17, 15) is 9.18 Å². The molecule has 5 nitrogen and oxygen atoms in total. The van der Waals surface area contributed by atoms with Gasteiger partial charge in [0.2, 0.25) is 5.91 Å². The zero-order valence-corrected chi connectivity index (χ0v) is 21.9. The summed E-state index contributed by atoms with van der Waals surface area (Å²) < 4.78 is 14.3. The number of hydrogen-bond acceptors (Lipinski definition) is 4. The second-order valence-corrected chi connectivity index (χ2v) is 9.66. The molecule has 0 radical (unpaired) electrons. The minimum Gasteiger partial charge on any atom is -0.381 e. The summed E-state index contributed by atoms with van der Waals surface area (Å²) in [6, 6.07) is 14.5. The van der Waals surface area contributed by atoms with Gasteiger partial charge in [-0.25, -0.2) is 9.38 Å². The molecule has 0 aromatic heterocycles. The smallest absolute Gasteiger partial charge is 0.232 e. The molecule has 0 fully saturated rings. The number of nitrogens with zero attached hydrogens (tertiary/aromatic N) is 2. The fourth-order valence-corrected chi connectivity index (χ4v) is 3.75.